The second kappa shape index (κ2) is 11.7. The molecule has 5 nitrogen and oxygen atoms in total. The van der Waals surface area contributed by atoms with Gasteiger partial charge >= 0.3 is 0 Å². The van der Waals surface area contributed by atoms with Crippen LogP contribution in [0.25, 0.3) is 0 Å². The summed E-state index contributed by atoms with van der Waals surface area (Å²) in [5.74, 6) is 0.921. The predicted octanol–water partition coefficient (Wildman–Crippen LogP) is 3.83. The van der Waals surface area contributed by atoms with Gasteiger partial charge in [-0.2, -0.15) is 0 Å². The zero-order chi connectivity index (χ0) is 19.1. The van der Waals surface area contributed by atoms with Crippen LogP contribution >= 0.6 is 35.3 Å². The maximum atomic E-state index is 4.76. The fraction of sp³-hybridized carbons (Fsp3) is 0.524. The minimum Gasteiger partial charge on any atom is -0.357 e. The number of likely N-dealkylation sites (tertiary alicyclic amines) is 1. The molecule has 0 radical (unpaired) electrons. The average molecular weight is 513 g/mol. The topological polar surface area (TPSA) is 52.6 Å². The molecule has 7 heteroatoms. The molecule has 154 valence electrons. The zero-order valence-electron chi connectivity index (χ0n) is 17.0. The summed E-state index contributed by atoms with van der Waals surface area (Å²) in [6.45, 7) is 10.2. The fourth-order valence-electron chi connectivity index (χ4n) is 3.54. The molecule has 3 rings (SSSR count). The Morgan fingerprint density at radius 3 is 2.79 bits per heavy atom. The highest BCUT2D eigenvalue weighted by atomic mass is 127. The van der Waals surface area contributed by atoms with Gasteiger partial charge in [-0.15, -0.1) is 35.3 Å². The molecule has 0 amide bonds. The van der Waals surface area contributed by atoms with E-state index in [0.29, 0.717) is 12.1 Å². The number of benzene rings is 1. The van der Waals surface area contributed by atoms with E-state index in [2.05, 4.69) is 71.6 Å². The summed E-state index contributed by atoms with van der Waals surface area (Å²) in [5.41, 5.74) is 1.38. The van der Waals surface area contributed by atoms with Gasteiger partial charge in [0.15, 0.2) is 5.96 Å². The lowest BCUT2D eigenvalue weighted by molar-refractivity contribution is 0.258. The van der Waals surface area contributed by atoms with Crippen LogP contribution in [0, 0.1) is 6.92 Å². The summed E-state index contributed by atoms with van der Waals surface area (Å²) in [5, 5.41) is 8.18. The smallest absolute Gasteiger partial charge is 0.191 e. The number of hydrogen-bond donors (Lipinski definition) is 2. The third-order valence-corrected chi connectivity index (χ3v) is 5.85. The van der Waals surface area contributed by atoms with Crippen molar-refractivity contribution in [3.63, 3.8) is 0 Å². The van der Waals surface area contributed by atoms with E-state index in [-0.39, 0.29) is 24.0 Å². The number of guanidine groups is 1. The fourth-order valence-corrected chi connectivity index (χ4v) is 4.31. The molecule has 1 aromatic heterocycles. The number of thiazole rings is 1. The molecule has 28 heavy (non-hydrogen) atoms. The number of aliphatic imine (C=N–C) groups is 1. The zero-order valence-corrected chi connectivity index (χ0v) is 20.2. The number of aromatic nitrogens is 1. The van der Waals surface area contributed by atoms with E-state index in [0.717, 1.165) is 50.0 Å². The second-order valence-electron chi connectivity index (χ2n) is 7.22. The van der Waals surface area contributed by atoms with Gasteiger partial charge in [0, 0.05) is 55.8 Å². The Labute approximate surface area is 190 Å². The number of aryl methyl sites for hydroxylation is 1. The molecule has 2 N–H and O–H groups in total. The largest absolute Gasteiger partial charge is 0.357 e. The lowest BCUT2D eigenvalue weighted by Gasteiger charge is -2.21. The highest BCUT2D eigenvalue weighted by Gasteiger charge is 2.29. The van der Waals surface area contributed by atoms with Crippen LogP contribution in [0.3, 0.4) is 0 Å². The second-order valence-corrected chi connectivity index (χ2v) is 8.54. The number of rotatable bonds is 7. The highest BCUT2D eigenvalue weighted by molar-refractivity contribution is 14.0. The number of hydrogen-bond acceptors (Lipinski definition) is 4. The van der Waals surface area contributed by atoms with Crippen LogP contribution in [-0.2, 0) is 13.0 Å². The van der Waals surface area contributed by atoms with E-state index in [9.17, 15) is 0 Å². The quantitative estimate of drug-likeness (QED) is 0.336. The minimum absolute atomic E-state index is 0. The summed E-state index contributed by atoms with van der Waals surface area (Å²) < 4.78 is 0. The highest BCUT2D eigenvalue weighted by Crippen LogP contribution is 2.20. The lowest BCUT2D eigenvalue weighted by Crippen LogP contribution is -2.44. The standard InChI is InChI=1S/C21H31N5S.HI/c1-4-22-21(23-11-10-20-24-13-17(3)27-20)25-19-12-16(2)26(15-19)14-18-8-6-5-7-9-18;/h5-9,13,16,19H,4,10-12,14-15H2,1-3H3,(H2,22,23,25);1H. The maximum Gasteiger partial charge on any atom is 0.191 e. The Bertz CT molecular complexity index is 733. The molecule has 1 saturated heterocycles. The van der Waals surface area contributed by atoms with Crippen molar-refractivity contribution >= 4 is 41.3 Å². The van der Waals surface area contributed by atoms with E-state index < -0.39 is 0 Å². The van der Waals surface area contributed by atoms with Gasteiger partial charge in [-0.25, -0.2) is 4.98 Å². The molecule has 1 fully saturated rings. The van der Waals surface area contributed by atoms with Crippen LogP contribution in [0.5, 0.6) is 0 Å². The summed E-state index contributed by atoms with van der Waals surface area (Å²) in [6.07, 6.45) is 3.98. The number of halogens is 1. The molecule has 2 unspecified atom stereocenters. The van der Waals surface area contributed by atoms with Crippen molar-refractivity contribution in [2.45, 2.75) is 52.2 Å². The Morgan fingerprint density at radius 2 is 2.11 bits per heavy atom. The van der Waals surface area contributed by atoms with Gasteiger partial charge in [-0.1, -0.05) is 30.3 Å². The molecule has 0 saturated carbocycles. The maximum absolute atomic E-state index is 4.76. The molecule has 0 aliphatic carbocycles. The van der Waals surface area contributed by atoms with Crippen LogP contribution in [0.4, 0.5) is 0 Å². The normalized spacial score (nSPS) is 20.0. The molecule has 2 aromatic rings. The summed E-state index contributed by atoms with van der Waals surface area (Å²) >= 11 is 1.76. The Morgan fingerprint density at radius 1 is 1.32 bits per heavy atom. The first-order chi connectivity index (χ1) is 13.1. The summed E-state index contributed by atoms with van der Waals surface area (Å²) in [6, 6.07) is 11.7. The third kappa shape index (κ3) is 7.00. The van der Waals surface area contributed by atoms with Gasteiger partial charge < -0.3 is 10.6 Å². The Balaban J connectivity index is 0.00000280. The number of nitrogens with zero attached hydrogens (tertiary/aromatic N) is 3. The van der Waals surface area contributed by atoms with Crippen molar-refractivity contribution in [2.75, 3.05) is 19.6 Å². The average Bonchev–Trinajstić information content (AvgIpc) is 3.21. The molecule has 1 aliphatic heterocycles. The van der Waals surface area contributed by atoms with Gasteiger partial charge in [0.1, 0.15) is 0 Å². The van der Waals surface area contributed by atoms with Crippen LogP contribution in [0.2, 0.25) is 0 Å². The first-order valence-corrected chi connectivity index (χ1v) is 10.7. The van der Waals surface area contributed by atoms with Gasteiger partial charge in [0.05, 0.1) is 5.01 Å². The van der Waals surface area contributed by atoms with Crippen molar-refractivity contribution in [3.8, 4) is 0 Å². The van der Waals surface area contributed by atoms with E-state index in [1.165, 1.54) is 10.4 Å². The van der Waals surface area contributed by atoms with Gasteiger partial charge in [-0.05, 0) is 32.8 Å². The minimum atomic E-state index is 0. The SMILES string of the molecule is CCNC(=NCCc1ncc(C)s1)NC1CC(C)N(Cc2ccccc2)C1.I. The molecule has 0 bridgehead atoms. The summed E-state index contributed by atoms with van der Waals surface area (Å²) in [7, 11) is 0. The van der Waals surface area contributed by atoms with Crippen molar-refractivity contribution < 1.29 is 0 Å². The third-order valence-electron chi connectivity index (χ3n) is 4.88. The molecular formula is C21H32IN5S. The van der Waals surface area contributed by atoms with E-state index in [1.54, 1.807) is 11.3 Å². The molecular weight excluding hydrogens is 481 g/mol. The first kappa shape index (κ1) is 23.1. The Kier molecular flexibility index (Phi) is 9.67. The summed E-state index contributed by atoms with van der Waals surface area (Å²) in [4.78, 5) is 13.0. The van der Waals surface area contributed by atoms with Crippen LogP contribution < -0.4 is 10.6 Å². The van der Waals surface area contributed by atoms with Crippen molar-refractivity contribution in [1.82, 2.24) is 20.5 Å². The van der Waals surface area contributed by atoms with Gasteiger partial charge in [0.2, 0.25) is 0 Å². The van der Waals surface area contributed by atoms with Crippen LogP contribution in [-0.4, -0.2) is 47.6 Å². The monoisotopic (exact) mass is 513 g/mol. The molecule has 1 aromatic carbocycles. The Hall–Kier alpha value is -1.19. The van der Waals surface area contributed by atoms with Gasteiger partial charge in [0.25, 0.3) is 0 Å². The lowest BCUT2D eigenvalue weighted by atomic mass is 10.2. The molecule has 2 heterocycles. The van der Waals surface area contributed by atoms with E-state index in [1.807, 2.05) is 6.20 Å². The molecule has 1 aliphatic rings. The number of nitrogens with one attached hydrogen (secondary N) is 2. The molecule has 0 spiro atoms. The van der Waals surface area contributed by atoms with E-state index >= 15 is 0 Å². The van der Waals surface area contributed by atoms with Crippen LogP contribution in [0.1, 0.15) is 35.7 Å². The van der Waals surface area contributed by atoms with Crippen molar-refractivity contribution in [2.24, 2.45) is 4.99 Å². The van der Waals surface area contributed by atoms with Gasteiger partial charge in [-0.3, -0.25) is 9.89 Å². The van der Waals surface area contributed by atoms with Crippen LogP contribution in [0.15, 0.2) is 41.5 Å². The first-order valence-electron chi connectivity index (χ1n) is 9.88. The molecule has 2 atom stereocenters. The predicted molar refractivity (Wildman–Crippen MR) is 130 cm³/mol. The van der Waals surface area contributed by atoms with E-state index in [4.69, 9.17) is 4.99 Å². The van der Waals surface area contributed by atoms with Crippen molar-refractivity contribution in [1.29, 1.82) is 0 Å². The van der Waals surface area contributed by atoms with Crippen molar-refractivity contribution in [3.05, 3.63) is 52.0 Å².